The molecule has 0 saturated carbocycles. The van der Waals surface area contributed by atoms with E-state index >= 15 is 0 Å². The molecule has 2 rings (SSSR count). The van der Waals surface area contributed by atoms with E-state index in [2.05, 4.69) is 0 Å². The Morgan fingerprint density at radius 1 is 1.50 bits per heavy atom. The third-order valence-electron chi connectivity index (χ3n) is 3.06. The van der Waals surface area contributed by atoms with Crippen LogP contribution in [-0.2, 0) is 4.74 Å². The molecule has 1 aromatic rings. The van der Waals surface area contributed by atoms with Gasteiger partial charge in [0.1, 0.15) is 11.8 Å². The van der Waals surface area contributed by atoms with Crippen LogP contribution in [-0.4, -0.2) is 35.6 Å². The van der Waals surface area contributed by atoms with E-state index in [1.165, 1.54) is 19.2 Å². The number of carbonyl (C=O) groups excluding carboxylic acids is 1. The highest BCUT2D eigenvalue weighted by molar-refractivity contribution is 5.98. The summed E-state index contributed by atoms with van der Waals surface area (Å²) in [6.07, 6.45) is 1.34. The fourth-order valence-electron chi connectivity index (χ4n) is 2.18. The number of nitro benzene ring substituents is 1. The van der Waals surface area contributed by atoms with Crippen molar-refractivity contribution >= 4 is 11.6 Å². The predicted octanol–water partition coefficient (Wildman–Crippen LogP) is 1.80. The summed E-state index contributed by atoms with van der Waals surface area (Å²) in [7, 11) is 1.54. The maximum atomic E-state index is 12.3. The van der Waals surface area contributed by atoms with Crippen molar-refractivity contribution < 1.29 is 14.5 Å². The van der Waals surface area contributed by atoms with Crippen molar-refractivity contribution in [2.75, 3.05) is 13.7 Å². The fourth-order valence-corrected chi connectivity index (χ4v) is 2.18. The van der Waals surface area contributed by atoms with Crippen molar-refractivity contribution in [1.29, 1.82) is 0 Å². The van der Waals surface area contributed by atoms with Crippen LogP contribution < -0.4 is 0 Å². The first kappa shape index (κ1) is 12.5. The van der Waals surface area contributed by atoms with Crippen LogP contribution in [0.25, 0.3) is 0 Å². The number of carbonyl (C=O) groups is 1. The molecule has 1 amide bonds. The number of hydrogen-bond acceptors (Lipinski definition) is 4. The molecule has 18 heavy (non-hydrogen) atoms. The normalized spacial score (nSPS) is 18.9. The Labute approximate surface area is 104 Å². The number of amides is 1. The zero-order chi connectivity index (χ0) is 13.1. The first-order valence-electron chi connectivity index (χ1n) is 5.72. The van der Waals surface area contributed by atoms with Crippen LogP contribution in [0, 0.1) is 10.1 Å². The van der Waals surface area contributed by atoms with E-state index in [4.69, 9.17) is 4.74 Å². The van der Waals surface area contributed by atoms with Gasteiger partial charge in [-0.2, -0.15) is 0 Å². The average Bonchev–Trinajstić information content (AvgIpc) is 2.86. The molecular formula is C12H14N2O4. The van der Waals surface area contributed by atoms with Crippen LogP contribution in [0.2, 0.25) is 0 Å². The largest absolute Gasteiger partial charge is 0.362 e. The van der Waals surface area contributed by atoms with Gasteiger partial charge in [-0.1, -0.05) is 12.1 Å². The molecule has 0 N–H and O–H groups in total. The Balaban J connectivity index is 2.31. The lowest BCUT2D eigenvalue weighted by Gasteiger charge is -2.23. The van der Waals surface area contributed by atoms with Crippen molar-refractivity contribution in [2.45, 2.75) is 19.1 Å². The minimum atomic E-state index is -0.537. The second-order valence-corrected chi connectivity index (χ2v) is 4.11. The van der Waals surface area contributed by atoms with E-state index in [0.29, 0.717) is 6.54 Å². The van der Waals surface area contributed by atoms with Crippen LogP contribution in [0.3, 0.4) is 0 Å². The van der Waals surface area contributed by atoms with Gasteiger partial charge < -0.3 is 9.64 Å². The maximum absolute atomic E-state index is 12.3. The van der Waals surface area contributed by atoms with Gasteiger partial charge in [0, 0.05) is 19.7 Å². The highest BCUT2D eigenvalue weighted by Gasteiger charge is 2.32. The lowest BCUT2D eigenvalue weighted by molar-refractivity contribution is -0.385. The van der Waals surface area contributed by atoms with Crippen LogP contribution >= 0.6 is 0 Å². The molecule has 96 valence electrons. The van der Waals surface area contributed by atoms with Crippen LogP contribution in [0.5, 0.6) is 0 Å². The van der Waals surface area contributed by atoms with E-state index in [-0.39, 0.29) is 23.4 Å². The Morgan fingerprint density at radius 3 is 2.89 bits per heavy atom. The van der Waals surface area contributed by atoms with E-state index in [1.54, 1.807) is 17.0 Å². The first-order chi connectivity index (χ1) is 8.65. The molecule has 1 saturated heterocycles. The van der Waals surface area contributed by atoms with Crippen molar-refractivity contribution in [3.8, 4) is 0 Å². The Hall–Kier alpha value is -1.95. The molecule has 1 aromatic carbocycles. The molecule has 1 fully saturated rings. The van der Waals surface area contributed by atoms with Gasteiger partial charge in [0.05, 0.1) is 4.92 Å². The number of para-hydroxylation sites is 1. The lowest BCUT2D eigenvalue weighted by atomic mass is 10.1. The number of hydrogen-bond donors (Lipinski definition) is 0. The molecule has 0 aromatic heterocycles. The van der Waals surface area contributed by atoms with Gasteiger partial charge in [-0.3, -0.25) is 14.9 Å². The SMILES string of the molecule is COC1CCCN1C(=O)c1ccccc1[N+](=O)[O-]. The van der Waals surface area contributed by atoms with Gasteiger partial charge in [0.15, 0.2) is 0 Å². The van der Waals surface area contributed by atoms with Gasteiger partial charge in [-0.15, -0.1) is 0 Å². The number of methoxy groups -OCH3 is 1. The zero-order valence-corrected chi connectivity index (χ0v) is 10.0. The van der Waals surface area contributed by atoms with Gasteiger partial charge in [-0.05, 0) is 18.9 Å². The second-order valence-electron chi connectivity index (χ2n) is 4.11. The Bertz CT molecular complexity index is 475. The van der Waals surface area contributed by atoms with Crippen molar-refractivity contribution in [2.24, 2.45) is 0 Å². The molecule has 0 aliphatic carbocycles. The van der Waals surface area contributed by atoms with Crippen LogP contribution in [0.15, 0.2) is 24.3 Å². The molecule has 1 heterocycles. The number of nitro groups is 1. The average molecular weight is 250 g/mol. The highest BCUT2D eigenvalue weighted by atomic mass is 16.6. The van der Waals surface area contributed by atoms with Crippen molar-refractivity contribution in [1.82, 2.24) is 4.90 Å². The standard InChI is InChI=1S/C12H14N2O4/c1-18-11-7-4-8-13(11)12(15)9-5-2-3-6-10(9)14(16)17/h2-3,5-6,11H,4,7-8H2,1H3. The molecule has 0 spiro atoms. The van der Waals surface area contributed by atoms with Gasteiger partial charge >= 0.3 is 0 Å². The molecule has 1 unspecified atom stereocenters. The number of benzene rings is 1. The third kappa shape index (κ3) is 2.19. The summed E-state index contributed by atoms with van der Waals surface area (Å²) in [6.45, 7) is 0.573. The first-order valence-corrected chi connectivity index (χ1v) is 5.72. The Kier molecular flexibility index (Phi) is 3.57. The van der Waals surface area contributed by atoms with Gasteiger partial charge in [-0.25, -0.2) is 0 Å². The molecule has 0 bridgehead atoms. The number of nitrogens with zero attached hydrogens (tertiary/aromatic N) is 2. The number of ether oxygens (including phenoxy) is 1. The molecule has 1 aliphatic heterocycles. The summed E-state index contributed by atoms with van der Waals surface area (Å²) in [5, 5.41) is 10.9. The summed E-state index contributed by atoms with van der Waals surface area (Å²) < 4.78 is 5.20. The van der Waals surface area contributed by atoms with E-state index in [1.807, 2.05) is 0 Å². The molecule has 0 radical (unpaired) electrons. The smallest absolute Gasteiger partial charge is 0.282 e. The number of rotatable bonds is 3. The van der Waals surface area contributed by atoms with E-state index in [0.717, 1.165) is 12.8 Å². The van der Waals surface area contributed by atoms with Crippen molar-refractivity contribution in [3.05, 3.63) is 39.9 Å². The van der Waals surface area contributed by atoms with Crippen LogP contribution in [0.4, 0.5) is 5.69 Å². The summed E-state index contributed by atoms with van der Waals surface area (Å²) >= 11 is 0. The Morgan fingerprint density at radius 2 is 2.22 bits per heavy atom. The summed E-state index contributed by atoms with van der Waals surface area (Å²) in [4.78, 5) is 24.2. The summed E-state index contributed by atoms with van der Waals surface area (Å²) in [5.41, 5.74) is -0.0456. The highest BCUT2D eigenvalue weighted by Crippen LogP contribution is 2.25. The minimum absolute atomic E-state index is 0.117. The lowest BCUT2D eigenvalue weighted by Crippen LogP contribution is -2.36. The zero-order valence-electron chi connectivity index (χ0n) is 10.0. The van der Waals surface area contributed by atoms with Crippen molar-refractivity contribution in [3.63, 3.8) is 0 Å². The molecular weight excluding hydrogens is 236 g/mol. The number of likely N-dealkylation sites (tertiary alicyclic amines) is 1. The third-order valence-corrected chi connectivity index (χ3v) is 3.06. The fraction of sp³-hybridized carbons (Fsp3) is 0.417. The summed E-state index contributed by atoms with van der Waals surface area (Å²) in [6, 6.07) is 5.99. The molecule has 6 heteroatoms. The molecule has 6 nitrogen and oxygen atoms in total. The molecule has 1 atom stereocenters. The molecule has 1 aliphatic rings. The van der Waals surface area contributed by atoms with E-state index < -0.39 is 4.92 Å². The maximum Gasteiger partial charge on any atom is 0.282 e. The topological polar surface area (TPSA) is 72.7 Å². The van der Waals surface area contributed by atoms with E-state index in [9.17, 15) is 14.9 Å². The van der Waals surface area contributed by atoms with Gasteiger partial charge in [0.2, 0.25) is 0 Å². The quantitative estimate of drug-likeness (QED) is 0.605. The monoisotopic (exact) mass is 250 g/mol. The summed E-state index contributed by atoms with van der Waals surface area (Å²) in [5.74, 6) is -0.341. The second kappa shape index (κ2) is 5.14. The van der Waals surface area contributed by atoms with Gasteiger partial charge in [0.25, 0.3) is 11.6 Å². The van der Waals surface area contributed by atoms with Crippen LogP contribution in [0.1, 0.15) is 23.2 Å². The predicted molar refractivity (Wildman–Crippen MR) is 64.2 cm³/mol. The minimum Gasteiger partial charge on any atom is -0.362 e.